The zero-order chi connectivity index (χ0) is 26.8. The van der Waals surface area contributed by atoms with Crippen LogP contribution in [0.1, 0.15) is 41.0 Å². The first-order valence-electron chi connectivity index (χ1n) is 10.1. The third-order valence-electron chi connectivity index (χ3n) is 3.33. The number of phenols is 1. The van der Waals surface area contributed by atoms with Crippen LogP contribution in [-0.2, 0) is 9.68 Å². The molecular formula is C21H30FIK2N2O8. The first-order valence-corrected chi connectivity index (χ1v) is 10.9. The van der Waals surface area contributed by atoms with E-state index in [1.54, 1.807) is 12.1 Å². The van der Waals surface area contributed by atoms with Crippen molar-refractivity contribution >= 4 is 40.4 Å². The van der Waals surface area contributed by atoms with Gasteiger partial charge in [0.25, 0.3) is 17.8 Å². The summed E-state index contributed by atoms with van der Waals surface area (Å²) >= 11 is 2.43. The molecule has 0 amide bonds. The van der Waals surface area contributed by atoms with Crippen molar-refractivity contribution in [3.05, 3.63) is 74.3 Å². The molecule has 2 rings (SSSR count). The molecule has 0 radical (unpaired) electrons. The maximum atomic E-state index is 10.1. The van der Waals surface area contributed by atoms with Gasteiger partial charge in [-0.1, -0.05) is 66.5 Å². The molecule has 0 aliphatic rings. The van der Waals surface area contributed by atoms with E-state index in [1.807, 2.05) is 6.92 Å². The minimum Gasteiger partial charge on any atom is -1.00 e. The Labute approximate surface area is 306 Å². The molecule has 35 heavy (non-hydrogen) atoms. The van der Waals surface area contributed by atoms with Gasteiger partial charge in [-0.15, -0.1) is 0 Å². The second kappa shape index (κ2) is 34.4. The summed E-state index contributed by atoms with van der Waals surface area (Å²) < 4.78 is 16.8. The Kier molecular flexibility index (Phi) is 41.8. The number of halogens is 2. The molecule has 0 fully saturated rings. The van der Waals surface area contributed by atoms with Crippen molar-refractivity contribution in [3.8, 4) is 5.75 Å². The predicted molar refractivity (Wildman–Crippen MR) is 131 cm³/mol. The molecule has 0 saturated carbocycles. The maximum Gasteiger partial charge on any atom is 1.00 e. The standard InChI is InChI=1S/C7H7NO2.C6H13I.C6H5NO3.CH3F.CH2O3.2K.H/c1-6-2-4-7(5-3-6)8(9)10;1-2-3-4-5-6-7;8-6-3-1-5(2-4-6)7(9)10;1-2;2-1-4-3;;;/h2-5H,1H3;2-6H2,1H3;1-4,8H;1H3;1,3H;;;/q;;;;;2*+1;-1/p-1/i;;;1D;;;;. The fourth-order valence-electron chi connectivity index (χ4n) is 1.76. The van der Waals surface area contributed by atoms with E-state index in [4.69, 9.17) is 16.5 Å². The van der Waals surface area contributed by atoms with Gasteiger partial charge in [0, 0.05) is 24.3 Å². The molecule has 0 aliphatic carbocycles. The van der Waals surface area contributed by atoms with Crippen molar-refractivity contribution in [1.29, 1.82) is 0 Å². The van der Waals surface area contributed by atoms with Crippen LogP contribution in [0.4, 0.5) is 15.8 Å². The van der Waals surface area contributed by atoms with Gasteiger partial charge in [-0.3, -0.25) is 29.4 Å². The van der Waals surface area contributed by atoms with E-state index >= 15 is 0 Å². The molecular weight excluding hydrogens is 632 g/mol. The van der Waals surface area contributed by atoms with Gasteiger partial charge >= 0.3 is 103 Å². The quantitative estimate of drug-likeness (QED) is 0.0599. The van der Waals surface area contributed by atoms with Crippen molar-refractivity contribution in [2.45, 2.75) is 39.5 Å². The summed E-state index contributed by atoms with van der Waals surface area (Å²) in [6.07, 6.45) is 5.62. The summed E-state index contributed by atoms with van der Waals surface area (Å²) in [6, 6.07) is 11.5. The van der Waals surface area contributed by atoms with Gasteiger partial charge in [0.15, 0.2) is 0 Å². The van der Waals surface area contributed by atoms with Crippen molar-refractivity contribution in [3.63, 3.8) is 0 Å². The Morgan fingerprint density at radius 2 is 1.40 bits per heavy atom. The average molecular weight is 664 g/mol. The van der Waals surface area contributed by atoms with Crippen molar-refractivity contribution in [1.82, 2.24) is 0 Å². The Hall–Kier alpha value is 0.403. The number of nitro benzene ring substituents is 2. The van der Waals surface area contributed by atoms with Gasteiger partial charge < -0.3 is 16.7 Å². The van der Waals surface area contributed by atoms with Crippen LogP contribution in [0.15, 0.2) is 48.5 Å². The molecule has 14 heteroatoms. The number of rotatable bonds is 7. The van der Waals surface area contributed by atoms with Crippen LogP contribution in [0, 0.1) is 27.2 Å². The van der Waals surface area contributed by atoms with Crippen LogP contribution in [0.5, 0.6) is 5.75 Å². The number of aromatic hydroxyl groups is 1. The third kappa shape index (κ3) is 32.4. The van der Waals surface area contributed by atoms with Crippen molar-refractivity contribution in [2.24, 2.45) is 0 Å². The molecule has 0 heterocycles. The molecule has 0 unspecified atom stereocenters. The SMILES string of the molecule is CCCCCCI.Cc1ccc([N+](=O)[O-])cc1.O=CO[O-].O=[N+]([O-])c1ccc(O)cc1.[2H]CF.[H-].[K+].[K+]. The molecule has 1 N–H and O–H groups in total. The van der Waals surface area contributed by atoms with E-state index in [-0.39, 0.29) is 128 Å². The molecule has 2 aromatic rings. The normalized spacial score (nSPS) is 8.31. The number of unbranched alkanes of at least 4 members (excludes halogenated alkanes) is 3. The molecule has 2 aromatic carbocycles. The second-order valence-electron chi connectivity index (χ2n) is 5.81. The number of benzene rings is 2. The second-order valence-corrected chi connectivity index (χ2v) is 6.89. The molecule has 0 spiro atoms. The van der Waals surface area contributed by atoms with Crippen LogP contribution in [0.25, 0.3) is 0 Å². The summed E-state index contributed by atoms with van der Waals surface area (Å²) in [5, 5.41) is 37.3. The third-order valence-corrected chi connectivity index (χ3v) is 4.09. The van der Waals surface area contributed by atoms with Crippen LogP contribution in [0.2, 0.25) is 0 Å². The van der Waals surface area contributed by atoms with Gasteiger partial charge in [-0.2, -0.15) is 0 Å². The van der Waals surface area contributed by atoms with Crippen LogP contribution >= 0.6 is 22.6 Å². The van der Waals surface area contributed by atoms with Gasteiger partial charge in [-0.05, 0) is 29.9 Å². The average Bonchev–Trinajstić information content (AvgIpc) is 2.81. The number of aryl methyl sites for hydroxylation is 1. The number of non-ortho nitro benzene ring substituents is 2. The van der Waals surface area contributed by atoms with E-state index < -0.39 is 17.0 Å². The largest absolute Gasteiger partial charge is 1.00 e. The summed E-state index contributed by atoms with van der Waals surface area (Å²) in [4.78, 5) is 30.5. The zero-order valence-corrected chi connectivity index (χ0v) is 28.8. The Morgan fingerprint density at radius 3 is 1.69 bits per heavy atom. The van der Waals surface area contributed by atoms with Crippen molar-refractivity contribution in [2.75, 3.05) is 11.6 Å². The molecule has 188 valence electrons. The van der Waals surface area contributed by atoms with Crippen LogP contribution < -0.4 is 108 Å². The topological polar surface area (TPSA) is 156 Å². The van der Waals surface area contributed by atoms with Gasteiger partial charge in [0.2, 0.25) is 0 Å². The molecule has 0 aliphatic heterocycles. The van der Waals surface area contributed by atoms with E-state index in [0.29, 0.717) is 0 Å². The number of nitro groups is 2. The smallest absolute Gasteiger partial charge is 1.00 e. The van der Waals surface area contributed by atoms with Gasteiger partial charge in [0.1, 0.15) is 5.75 Å². The summed E-state index contributed by atoms with van der Waals surface area (Å²) in [5.41, 5.74) is 1.16. The van der Waals surface area contributed by atoms with Gasteiger partial charge in [0.05, 0.1) is 18.4 Å². The molecule has 10 nitrogen and oxygen atoms in total. The maximum absolute atomic E-state index is 10.1. The molecule has 0 atom stereocenters. The number of carbonyl (C=O) groups excluding carboxylic acids is 1. The fraction of sp³-hybridized carbons (Fsp3) is 0.381. The van der Waals surface area contributed by atoms with E-state index in [1.165, 1.54) is 66.5 Å². The van der Waals surface area contributed by atoms with Crippen molar-refractivity contribution < 1.29 is 140 Å². The summed E-state index contributed by atoms with van der Waals surface area (Å²) in [6.45, 7) is 3.96. The minimum atomic E-state index is -1.00. The van der Waals surface area contributed by atoms with E-state index in [9.17, 15) is 24.6 Å². The number of hydrogen-bond acceptors (Lipinski definition) is 8. The fourth-order valence-corrected chi connectivity index (χ4v) is 2.30. The monoisotopic (exact) mass is 663 g/mol. The minimum absolute atomic E-state index is 0. The molecule has 0 aromatic heterocycles. The van der Waals surface area contributed by atoms with Gasteiger partial charge in [-0.25, -0.2) is 0 Å². The van der Waals surface area contributed by atoms with Crippen LogP contribution in [-0.4, -0.2) is 33.0 Å². The number of alkyl halides is 2. The van der Waals surface area contributed by atoms with E-state index in [0.717, 1.165) is 5.56 Å². The molecule has 0 bridgehead atoms. The number of phenolic OH excluding ortho intramolecular Hbond substituents is 1. The summed E-state index contributed by atoms with van der Waals surface area (Å²) in [7, 11) is -1.00. The predicted octanol–water partition coefficient (Wildman–Crippen LogP) is -0.654. The first kappa shape index (κ1) is 42.5. The van der Waals surface area contributed by atoms with Crippen LogP contribution in [0.3, 0.4) is 0 Å². The van der Waals surface area contributed by atoms with E-state index in [2.05, 4.69) is 34.4 Å². The number of carbonyl (C=O) groups is 1. The number of nitrogens with zero attached hydrogens (tertiary/aromatic N) is 2. The number of hydrogen-bond donors (Lipinski definition) is 1. The Balaban J connectivity index is -0.0000000845. The molecule has 0 saturated heterocycles. The first-order chi connectivity index (χ1) is 16.1. The zero-order valence-electron chi connectivity index (χ0n) is 22.4. The Bertz CT molecular complexity index is 725. The summed E-state index contributed by atoms with van der Waals surface area (Å²) in [5.74, 6) is 0.0330. The Morgan fingerprint density at radius 1 is 1.03 bits per heavy atom.